The van der Waals surface area contributed by atoms with Crippen LogP contribution in [0.1, 0.15) is 34.8 Å². The number of benzene rings is 1. The molecule has 0 atom stereocenters. The number of fused-ring (bicyclic) bond motifs is 1. The maximum absolute atomic E-state index is 12.7. The number of hydrogen-bond donors (Lipinski definition) is 3. The third kappa shape index (κ3) is 4.10. The molecule has 1 fully saturated rings. The van der Waals surface area contributed by atoms with E-state index in [9.17, 15) is 13.2 Å². The molecule has 150 valence electrons. The standard InChI is InChI=1S/C18H18N6O4S/c1-29(26,27)28-23-18(19)22-17(25)13-10-21-24(16(13)11-7-8-11)15-6-2-5-14-12(15)4-3-9-20-14/h2-6,9-11H,7-8H2,1H3,(H3,19,22,23,25). The number of hydrogen-bond acceptors (Lipinski definition) is 7. The van der Waals surface area contributed by atoms with E-state index in [2.05, 4.69) is 19.7 Å². The first-order valence-electron chi connectivity index (χ1n) is 8.80. The molecule has 1 aliphatic carbocycles. The lowest BCUT2D eigenvalue weighted by Crippen LogP contribution is -2.41. The third-order valence-electron chi connectivity index (χ3n) is 4.40. The van der Waals surface area contributed by atoms with Gasteiger partial charge in [0, 0.05) is 17.5 Å². The minimum Gasteiger partial charge on any atom is -0.291 e. The van der Waals surface area contributed by atoms with Crippen molar-refractivity contribution in [2.75, 3.05) is 6.26 Å². The van der Waals surface area contributed by atoms with Gasteiger partial charge >= 0.3 is 0 Å². The van der Waals surface area contributed by atoms with Crippen LogP contribution in [-0.2, 0) is 14.4 Å². The third-order valence-corrected chi connectivity index (χ3v) is 4.79. The monoisotopic (exact) mass is 414 g/mol. The maximum atomic E-state index is 12.7. The van der Waals surface area contributed by atoms with Crippen LogP contribution >= 0.6 is 0 Å². The van der Waals surface area contributed by atoms with Gasteiger partial charge in [-0.1, -0.05) is 6.07 Å². The zero-order chi connectivity index (χ0) is 20.6. The van der Waals surface area contributed by atoms with Crippen LogP contribution in [0.25, 0.3) is 16.6 Å². The Balaban J connectivity index is 1.66. The van der Waals surface area contributed by atoms with Crippen molar-refractivity contribution in [2.24, 2.45) is 0 Å². The second kappa shape index (κ2) is 7.26. The summed E-state index contributed by atoms with van der Waals surface area (Å²) >= 11 is 0. The molecule has 1 aliphatic rings. The summed E-state index contributed by atoms with van der Waals surface area (Å²) in [7, 11) is -3.81. The fraction of sp³-hybridized carbons (Fsp3) is 0.222. The summed E-state index contributed by atoms with van der Waals surface area (Å²) in [5.74, 6) is -0.991. The number of aromatic nitrogens is 3. The Morgan fingerprint density at radius 1 is 1.28 bits per heavy atom. The highest BCUT2D eigenvalue weighted by molar-refractivity contribution is 7.85. The molecule has 0 spiro atoms. The molecular formula is C18H18N6O4S. The van der Waals surface area contributed by atoms with E-state index in [1.165, 1.54) is 6.20 Å². The van der Waals surface area contributed by atoms with Crippen LogP contribution in [0.2, 0.25) is 0 Å². The van der Waals surface area contributed by atoms with Gasteiger partial charge < -0.3 is 0 Å². The molecule has 11 heteroatoms. The number of carbonyl (C=O) groups is 1. The summed E-state index contributed by atoms with van der Waals surface area (Å²) in [6.45, 7) is 0. The smallest absolute Gasteiger partial charge is 0.285 e. The van der Waals surface area contributed by atoms with Gasteiger partial charge in [0.25, 0.3) is 16.0 Å². The van der Waals surface area contributed by atoms with Gasteiger partial charge in [-0.25, -0.2) is 10.2 Å². The summed E-state index contributed by atoms with van der Waals surface area (Å²) in [6, 6.07) is 9.48. The van der Waals surface area contributed by atoms with Crippen LogP contribution in [0, 0.1) is 5.41 Å². The first kappa shape index (κ1) is 19.0. The van der Waals surface area contributed by atoms with Crippen molar-refractivity contribution >= 4 is 32.9 Å². The quantitative estimate of drug-likeness (QED) is 0.326. The topological polar surface area (TPSA) is 139 Å². The minimum atomic E-state index is -3.81. The Bertz CT molecular complexity index is 1210. The van der Waals surface area contributed by atoms with E-state index in [0.717, 1.165) is 41.4 Å². The highest BCUT2D eigenvalue weighted by Gasteiger charge is 2.33. The second-order valence-electron chi connectivity index (χ2n) is 6.70. The molecule has 0 aliphatic heterocycles. The summed E-state index contributed by atoms with van der Waals surface area (Å²) < 4.78 is 28.0. The van der Waals surface area contributed by atoms with Crippen molar-refractivity contribution in [3.8, 4) is 5.69 Å². The summed E-state index contributed by atoms with van der Waals surface area (Å²) in [4.78, 5) is 17.0. The van der Waals surface area contributed by atoms with Crippen molar-refractivity contribution < 1.29 is 17.5 Å². The molecule has 29 heavy (non-hydrogen) atoms. The SMILES string of the molecule is CS(=O)(=O)ONC(=N)NC(=O)c1cnn(-c2cccc3ncccc23)c1C1CC1. The molecule has 1 aromatic carbocycles. The summed E-state index contributed by atoms with van der Waals surface area (Å²) in [5, 5.41) is 15.3. The number of hydroxylamine groups is 1. The van der Waals surface area contributed by atoms with Crippen molar-refractivity contribution in [2.45, 2.75) is 18.8 Å². The Labute approximate surface area is 166 Å². The number of pyridine rings is 1. The molecule has 1 amide bonds. The average Bonchev–Trinajstić information content (AvgIpc) is 3.43. The van der Waals surface area contributed by atoms with Gasteiger partial charge in [-0.05, 0) is 37.1 Å². The lowest BCUT2D eigenvalue weighted by Gasteiger charge is -2.12. The van der Waals surface area contributed by atoms with Crippen LogP contribution < -0.4 is 10.8 Å². The molecule has 0 saturated heterocycles. The largest absolute Gasteiger partial charge is 0.291 e. The fourth-order valence-electron chi connectivity index (χ4n) is 3.07. The molecule has 0 bridgehead atoms. The Hall–Kier alpha value is -3.31. The van der Waals surface area contributed by atoms with E-state index >= 15 is 0 Å². The van der Waals surface area contributed by atoms with E-state index < -0.39 is 22.0 Å². The minimum absolute atomic E-state index is 0.180. The molecule has 4 rings (SSSR count). The summed E-state index contributed by atoms with van der Waals surface area (Å²) in [6.07, 6.45) is 5.85. The first-order chi connectivity index (χ1) is 13.8. The number of guanidine groups is 1. The van der Waals surface area contributed by atoms with E-state index in [1.54, 1.807) is 10.9 Å². The number of nitrogens with one attached hydrogen (secondary N) is 3. The zero-order valence-corrected chi connectivity index (χ0v) is 16.2. The van der Waals surface area contributed by atoms with E-state index in [-0.39, 0.29) is 5.92 Å². The molecule has 1 saturated carbocycles. The second-order valence-corrected chi connectivity index (χ2v) is 8.27. The van der Waals surface area contributed by atoms with Crippen molar-refractivity contribution in [3.05, 3.63) is 54.0 Å². The fourth-order valence-corrected chi connectivity index (χ4v) is 3.30. The van der Waals surface area contributed by atoms with Crippen molar-refractivity contribution in [1.82, 2.24) is 25.6 Å². The highest BCUT2D eigenvalue weighted by Crippen LogP contribution is 2.43. The van der Waals surface area contributed by atoms with E-state index in [1.807, 2.05) is 35.8 Å². The normalized spacial score (nSPS) is 14.0. The maximum Gasteiger partial charge on any atom is 0.285 e. The number of rotatable bonds is 5. The molecule has 3 N–H and O–H groups in total. The van der Waals surface area contributed by atoms with Crippen molar-refractivity contribution in [3.63, 3.8) is 0 Å². The van der Waals surface area contributed by atoms with Crippen LogP contribution in [0.4, 0.5) is 0 Å². The molecule has 3 aromatic rings. The van der Waals surface area contributed by atoms with Gasteiger partial charge in [0.2, 0.25) is 5.96 Å². The van der Waals surface area contributed by atoms with Gasteiger partial charge in [-0.3, -0.25) is 20.5 Å². The van der Waals surface area contributed by atoms with Crippen molar-refractivity contribution in [1.29, 1.82) is 5.41 Å². The van der Waals surface area contributed by atoms with Gasteiger partial charge in [0.05, 0.1) is 34.9 Å². The lowest BCUT2D eigenvalue weighted by atomic mass is 10.1. The number of amides is 1. The van der Waals surface area contributed by atoms with Gasteiger partial charge in [-0.2, -0.15) is 13.5 Å². The average molecular weight is 414 g/mol. The van der Waals surface area contributed by atoms with Crippen LogP contribution in [0.5, 0.6) is 0 Å². The molecule has 0 radical (unpaired) electrons. The number of nitrogens with zero attached hydrogens (tertiary/aromatic N) is 3. The van der Waals surface area contributed by atoms with Gasteiger partial charge in [-0.15, -0.1) is 4.28 Å². The first-order valence-corrected chi connectivity index (χ1v) is 10.6. The predicted octanol–water partition coefficient (Wildman–Crippen LogP) is 1.44. The Kier molecular flexibility index (Phi) is 4.76. The van der Waals surface area contributed by atoms with E-state index in [4.69, 9.17) is 5.41 Å². The van der Waals surface area contributed by atoms with Gasteiger partial charge in [0.1, 0.15) is 0 Å². The van der Waals surface area contributed by atoms with Crippen LogP contribution in [-0.4, -0.2) is 41.3 Å². The lowest BCUT2D eigenvalue weighted by molar-refractivity contribution is 0.0970. The van der Waals surface area contributed by atoms with Crippen LogP contribution in [0.15, 0.2) is 42.7 Å². The highest BCUT2D eigenvalue weighted by atomic mass is 32.2. The molecule has 2 heterocycles. The predicted molar refractivity (Wildman–Crippen MR) is 105 cm³/mol. The molecular weight excluding hydrogens is 396 g/mol. The summed E-state index contributed by atoms with van der Waals surface area (Å²) in [5.41, 5.74) is 4.57. The Morgan fingerprint density at radius 2 is 2.07 bits per heavy atom. The van der Waals surface area contributed by atoms with Crippen LogP contribution in [0.3, 0.4) is 0 Å². The molecule has 0 unspecified atom stereocenters. The Morgan fingerprint density at radius 3 is 2.79 bits per heavy atom. The number of carbonyl (C=O) groups excluding carboxylic acids is 1. The zero-order valence-electron chi connectivity index (χ0n) is 15.4. The van der Waals surface area contributed by atoms with Gasteiger partial charge in [0.15, 0.2) is 0 Å². The molecule has 2 aromatic heterocycles. The molecule has 10 nitrogen and oxygen atoms in total. The van der Waals surface area contributed by atoms with E-state index in [0.29, 0.717) is 5.56 Å².